The zero-order valence-electron chi connectivity index (χ0n) is 12.4. The van der Waals surface area contributed by atoms with Crippen molar-refractivity contribution >= 4 is 45.2 Å². The Bertz CT molecular complexity index is 637. The van der Waals surface area contributed by atoms with E-state index in [2.05, 4.69) is 21.2 Å². The van der Waals surface area contributed by atoms with Crippen molar-refractivity contribution in [2.75, 3.05) is 18.9 Å². The molecule has 0 atom stereocenters. The summed E-state index contributed by atoms with van der Waals surface area (Å²) in [6, 6.07) is 15.2. The number of amides is 1. The molecule has 0 spiro atoms. The van der Waals surface area contributed by atoms with Crippen LogP contribution in [0.4, 0.5) is 0 Å². The van der Waals surface area contributed by atoms with Crippen LogP contribution in [0.3, 0.4) is 0 Å². The number of thioether (sulfide) groups is 1. The summed E-state index contributed by atoms with van der Waals surface area (Å²) < 4.78 is 6.39. The van der Waals surface area contributed by atoms with Gasteiger partial charge >= 0.3 is 0 Å². The third-order valence-electron chi connectivity index (χ3n) is 2.91. The number of carbonyl (C=O) groups is 1. The van der Waals surface area contributed by atoms with E-state index in [9.17, 15) is 4.79 Å². The Balaban J connectivity index is 1.57. The van der Waals surface area contributed by atoms with Crippen LogP contribution in [0, 0.1) is 0 Å². The number of benzene rings is 2. The van der Waals surface area contributed by atoms with Crippen molar-refractivity contribution in [3.63, 3.8) is 0 Å². The van der Waals surface area contributed by atoms with Crippen LogP contribution in [-0.2, 0) is 10.5 Å². The molecule has 3 nitrogen and oxygen atoms in total. The topological polar surface area (TPSA) is 38.3 Å². The van der Waals surface area contributed by atoms with Gasteiger partial charge in [0.25, 0.3) is 5.91 Å². The van der Waals surface area contributed by atoms with Crippen LogP contribution in [-0.4, -0.2) is 24.8 Å². The highest BCUT2D eigenvalue weighted by molar-refractivity contribution is 9.10. The summed E-state index contributed by atoms with van der Waals surface area (Å²) in [5.74, 6) is 2.29. The van der Waals surface area contributed by atoms with Crippen molar-refractivity contribution in [2.24, 2.45) is 0 Å². The van der Waals surface area contributed by atoms with Crippen LogP contribution in [0.5, 0.6) is 5.75 Å². The molecule has 0 unspecified atom stereocenters. The third kappa shape index (κ3) is 7.29. The largest absolute Gasteiger partial charge is 0.484 e. The van der Waals surface area contributed by atoms with Gasteiger partial charge in [-0.2, -0.15) is 11.8 Å². The molecule has 122 valence electrons. The average Bonchev–Trinajstić information content (AvgIpc) is 2.54. The second-order valence-electron chi connectivity index (χ2n) is 4.78. The van der Waals surface area contributed by atoms with Gasteiger partial charge in [0, 0.05) is 27.5 Å². The Morgan fingerprint density at radius 1 is 1.22 bits per heavy atom. The second kappa shape index (κ2) is 9.85. The van der Waals surface area contributed by atoms with E-state index in [1.54, 1.807) is 11.8 Å². The summed E-state index contributed by atoms with van der Waals surface area (Å²) in [4.78, 5) is 11.7. The van der Waals surface area contributed by atoms with Crippen molar-refractivity contribution in [3.05, 3.63) is 63.6 Å². The Morgan fingerprint density at radius 2 is 2.00 bits per heavy atom. The van der Waals surface area contributed by atoms with Crippen molar-refractivity contribution in [1.82, 2.24) is 5.32 Å². The van der Waals surface area contributed by atoms with Crippen LogP contribution in [0.25, 0.3) is 0 Å². The Kier molecular flexibility index (Phi) is 7.79. The van der Waals surface area contributed by atoms with E-state index in [-0.39, 0.29) is 12.5 Å². The minimum atomic E-state index is -0.115. The van der Waals surface area contributed by atoms with Crippen LogP contribution in [0.15, 0.2) is 53.0 Å². The highest BCUT2D eigenvalue weighted by Gasteiger charge is 2.02. The van der Waals surface area contributed by atoms with Gasteiger partial charge in [0.05, 0.1) is 0 Å². The van der Waals surface area contributed by atoms with E-state index in [0.29, 0.717) is 12.3 Å². The lowest BCUT2D eigenvalue weighted by molar-refractivity contribution is -0.122. The Hall–Kier alpha value is -1.17. The van der Waals surface area contributed by atoms with Gasteiger partial charge < -0.3 is 10.1 Å². The lowest BCUT2D eigenvalue weighted by Gasteiger charge is -2.07. The standard InChI is InChI=1S/C17H17BrClNO2S/c18-14-4-6-16(7-5-14)22-11-17(21)20-8-9-23-12-13-2-1-3-15(19)10-13/h1-7,10H,8-9,11-12H2,(H,20,21). The fourth-order valence-electron chi connectivity index (χ4n) is 1.81. The molecule has 0 bridgehead atoms. The number of carbonyl (C=O) groups excluding carboxylic acids is 1. The average molecular weight is 415 g/mol. The molecule has 0 saturated carbocycles. The Labute approximate surface area is 153 Å². The molecule has 0 aliphatic heterocycles. The monoisotopic (exact) mass is 413 g/mol. The molecular weight excluding hydrogens is 398 g/mol. The summed E-state index contributed by atoms with van der Waals surface area (Å²) in [5.41, 5.74) is 1.19. The number of rotatable bonds is 8. The van der Waals surface area contributed by atoms with Crippen LogP contribution < -0.4 is 10.1 Å². The third-order valence-corrected chi connectivity index (χ3v) is 4.70. The zero-order valence-corrected chi connectivity index (χ0v) is 15.6. The maximum Gasteiger partial charge on any atom is 0.257 e. The molecule has 0 heterocycles. The van der Waals surface area contributed by atoms with Crippen LogP contribution >= 0.6 is 39.3 Å². The molecule has 2 aromatic rings. The molecule has 0 aliphatic carbocycles. The highest BCUT2D eigenvalue weighted by atomic mass is 79.9. The minimum absolute atomic E-state index is 0.0284. The first-order valence-electron chi connectivity index (χ1n) is 7.11. The van der Waals surface area contributed by atoms with Gasteiger partial charge in [0.1, 0.15) is 5.75 Å². The van der Waals surface area contributed by atoms with Crippen molar-refractivity contribution in [1.29, 1.82) is 0 Å². The van der Waals surface area contributed by atoms with Gasteiger partial charge in [-0.3, -0.25) is 4.79 Å². The lowest BCUT2D eigenvalue weighted by atomic mass is 10.2. The normalized spacial score (nSPS) is 10.3. The van der Waals surface area contributed by atoms with Crippen molar-refractivity contribution in [3.8, 4) is 5.75 Å². The molecular formula is C17H17BrClNO2S. The van der Waals surface area contributed by atoms with Gasteiger partial charge in [-0.1, -0.05) is 39.7 Å². The first kappa shape index (κ1) is 18.2. The first-order chi connectivity index (χ1) is 11.1. The number of nitrogens with one attached hydrogen (secondary N) is 1. The predicted octanol–water partition coefficient (Wildman–Crippen LogP) is 4.53. The van der Waals surface area contributed by atoms with E-state index in [1.807, 2.05) is 48.5 Å². The first-order valence-corrected chi connectivity index (χ1v) is 9.43. The van der Waals surface area contributed by atoms with Crippen molar-refractivity contribution < 1.29 is 9.53 Å². The zero-order chi connectivity index (χ0) is 16.5. The molecule has 23 heavy (non-hydrogen) atoms. The lowest BCUT2D eigenvalue weighted by Crippen LogP contribution is -2.30. The number of ether oxygens (including phenoxy) is 1. The van der Waals surface area contributed by atoms with Gasteiger partial charge in [-0.05, 0) is 42.0 Å². The summed E-state index contributed by atoms with van der Waals surface area (Å²) in [6.07, 6.45) is 0. The fraction of sp³-hybridized carbons (Fsp3) is 0.235. The van der Waals surface area contributed by atoms with Crippen LogP contribution in [0.1, 0.15) is 5.56 Å². The molecule has 1 amide bonds. The van der Waals surface area contributed by atoms with E-state index >= 15 is 0 Å². The van der Waals surface area contributed by atoms with Crippen molar-refractivity contribution in [2.45, 2.75) is 5.75 Å². The molecule has 0 radical (unpaired) electrons. The van der Waals surface area contributed by atoms with Gasteiger partial charge in [0.15, 0.2) is 6.61 Å². The SMILES string of the molecule is O=C(COc1ccc(Br)cc1)NCCSCc1cccc(Cl)c1. The molecule has 2 aromatic carbocycles. The molecule has 0 saturated heterocycles. The maximum atomic E-state index is 11.7. The highest BCUT2D eigenvalue weighted by Crippen LogP contribution is 2.17. The number of hydrogen-bond donors (Lipinski definition) is 1. The van der Waals surface area contributed by atoms with E-state index in [1.165, 1.54) is 5.56 Å². The number of halogens is 2. The quantitative estimate of drug-likeness (QED) is 0.645. The van der Waals surface area contributed by atoms with Gasteiger partial charge in [0.2, 0.25) is 0 Å². The maximum absolute atomic E-state index is 11.7. The number of hydrogen-bond acceptors (Lipinski definition) is 3. The van der Waals surface area contributed by atoms with Crippen LogP contribution in [0.2, 0.25) is 5.02 Å². The molecule has 0 aliphatic rings. The van der Waals surface area contributed by atoms with Gasteiger partial charge in [-0.15, -0.1) is 0 Å². The minimum Gasteiger partial charge on any atom is -0.484 e. The summed E-state index contributed by atoms with van der Waals surface area (Å²) in [5, 5.41) is 3.59. The fourth-order valence-corrected chi connectivity index (χ4v) is 3.09. The molecule has 0 fully saturated rings. The van der Waals surface area contributed by atoms with E-state index in [4.69, 9.17) is 16.3 Å². The summed E-state index contributed by atoms with van der Waals surface area (Å²) >= 11 is 11.0. The summed E-state index contributed by atoms with van der Waals surface area (Å²) in [6.45, 7) is 0.647. The Morgan fingerprint density at radius 3 is 2.74 bits per heavy atom. The summed E-state index contributed by atoms with van der Waals surface area (Å²) in [7, 11) is 0. The van der Waals surface area contributed by atoms with Gasteiger partial charge in [-0.25, -0.2) is 0 Å². The second-order valence-corrected chi connectivity index (χ2v) is 7.23. The molecule has 1 N–H and O–H groups in total. The molecule has 0 aromatic heterocycles. The van der Waals surface area contributed by atoms with E-state index in [0.717, 1.165) is 21.0 Å². The smallest absolute Gasteiger partial charge is 0.257 e. The predicted molar refractivity (Wildman–Crippen MR) is 100 cm³/mol. The molecule has 2 rings (SSSR count). The molecule has 6 heteroatoms. The van der Waals surface area contributed by atoms with E-state index < -0.39 is 0 Å².